The van der Waals surface area contributed by atoms with Crippen LogP contribution >= 0.6 is 0 Å². The van der Waals surface area contributed by atoms with Gasteiger partial charge in [-0.1, -0.05) is 12.1 Å². The van der Waals surface area contributed by atoms with Gasteiger partial charge < -0.3 is 15.1 Å². The molecule has 2 heterocycles. The first-order valence-electron chi connectivity index (χ1n) is 9.49. The maximum absolute atomic E-state index is 12.6. The lowest BCUT2D eigenvalue weighted by Gasteiger charge is -2.22. The standard InChI is InChI=1S/C20H23N5O4/c26-19(22-17-4-1-2-5-18(17)25(28)29)8-13-23-11-3-12-24(15-14-23)20(27)16-6-9-21-10-7-16/h1-2,4-7,9-10H,3,8,11-15H2,(H,22,26). The number of nitrogens with one attached hydrogen (secondary N) is 1. The second kappa shape index (κ2) is 9.74. The van der Waals surface area contributed by atoms with Crippen molar-refractivity contribution in [2.24, 2.45) is 0 Å². The van der Waals surface area contributed by atoms with Gasteiger partial charge in [-0.25, -0.2) is 0 Å². The van der Waals surface area contributed by atoms with Crippen molar-refractivity contribution in [1.82, 2.24) is 14.8 Å². The Bertz CT molecular complexity index is 874. The molecule has 2 aromatic rings. The molecule has 1 aliphatic rings. The number of amides is 2. The zero-order chi connectivity index (χ0) is 20.6. The molecule has 29 heavy (non-hydrogen) atoms. The van der Waals surface area contributed by atoms with Crippen molar-refractivity contribution in [2.75, 3.05) is 38.0 Å². The van der Waals surface area contributed by atoms with Crippen molar-refractivity contribution in [3.05, 3.63) is 64.5 Å². The number of aromatic nitrogens is 1. The molecule has 1 aromatic carbocycles. The fourth-order valence-electron chi connectivity index (χ4n) is 3.29. The first-order chi connectivity index (χ1) is 14.0. The van der Waals surface area contributed by atoms with Crippen molar-refractivity contribution in [1.29, 1.82) is 0 Å². The van der Waals surface area contributed by atoms with Crippen LogP contribution in [0.3, 0.4) is 0 Å². The van der Waals surface area contributed by atoms with Gasteiger partial charge >= 0.3 is 0 Å². The van der Waals surface area contributed by atoms with E-state index in [4.69, 9.17) is 0 Å². The Morgan fingerprint density at radius 3 is 2.59 bits per heavy atom. The molecule has 1 N–H and O–H groups in total. The number of nitro groups is 1. The summed E-state index contributed by atoms with van der Waals surface area (Å²) in [6, 6.07) is 9.50. The van der Waals surface area contributed by atoms with Crippen molar-refractivity contribution < 1.29 is 14.5 Å². The van der Waals surface area contributed by atoms with E-state index in [9.17, 15) is 19.7 Å². The molecule has 9 nitrogen and oxygen atoms in total. The third-order valence-corrected chi connectivity index (χ3v) is 4.83. The van der Waals surface area contributed by atoms with Crippen LogP contribution in [0.1, 0.15) is 23.2 Å². The summed E-state index contributed by atoms with van der Waals surface area (Å²) in [5.41, 5.74) is 0.700. The molecule has 1 fully saturated rings. The van der Waals surface area contributed by atoms with Crippen LogP contribution in [0.25, 0.3) is 0 Å². The minimum atomic E-state index is -0.515. The van der Waals surface area contributed by atoms with Crippen molar-refractivity contribution >= 4 is 23.2 Å². The van der Waals surface area contributed by atoms with E-state index in [1.54, 1.807) is 36.7 Å². The second-order valence-electron chi connectivity index (χ2n) is 6.80. The summed E-state index contributed by atoms with van der Waals surface area (Å²) in [5.74, 6) is -0.281. The quantitative estimate of drug-likeness (QED) is 0.591. The van der Waals surface area contributed by atoms with Crippen molar-refractivity contribution in [3.8, 4) is 0 Å². The number of hydrogen-bond donors (Lipinski definition) is 1. The molecule has 0 spiro atoms. The number of carbonyl (C=O) groups is 2. The molecule has 2 amide bonds. The minimum Gasteiger partial charge on any atom is -0.337 e. The molecule has 1 saturated heterocycles. The zero-order valence-electron chi connectivity index (χ0n) is 16.0. The van der Waals surface area contributed by atoms with Gasteiger partial charge in [-0.2, -0.15) is 0 Å². The van der Waals surface area contributed by atoms with E-state index >= 15 is 0 Å². The highest BCUT2D eigenvalue weighted by atomic mass is 16.6. The molecule has 0 bridgehead atoms. The summed E-state index contributed by atoms with van der Waals surface area (Å²) in [5, 5.41) is 13.7. The molecule has 1 aliphatic heterocycles. The number of rotatable bonds is 6. The Hall–Kier alpha value is -3.33. The van der Waals surface area contributed by atoms with Crippen LogP contribution in [0.5, 0.6) is 0 Å². The highest BCUT2D eigenvalue weighted by molar-refractivity contribution is 5.94. The Labute approximate surface area is 168 Å². The summed E-state index contributed by atoms with van der Waals surface area (Å²) in [4.78, 5) is 43.2. The number of pyridine rings is 1. The van der Waals surface area contributed by atoms with E-state index < -0.39 is 4.92 Å². The molecule has 0 aliphatic carbocycles. The van der Waals surface area contributed by atoms with Gasteiger partial charge in [0, 0.05) is 56.6 Å². The summed E-state index contributed by atoms with van der Waals surface area (Å²) in [6.07, 6.45) is 4.26. The normalized spacial score (nSPS) is 14.8. The smallest absolute Gasteiger partial charge is 0.292 e. The number of hydrogen-bond acceptors (Lipinski definition) is 6. The third-order valence-electron chi connectivity index (χ3n) is 4.83. The van der Waals surface area contributed by atoms with Crippen LogP contribution < -0.4 is 5.32 Å². The van der Waals surface area contributed by atoms with E-state index in [1.807, 2.05) is 4.90 Å². The number of para-hydroxylation sites is 2. The first-order valence-corrected chi connectivity index (χ1v) is 9.49. The van der Waals surface area contributed by atoms with Gasteiger partial charge in [0.25, 0.3) is 11.6 Å². The predicted octanol–water partition coefficient (Wildman–Crippen LogP) is 2.17. The monoisotopic (exact) mass is 397 g/mol. The fourth-order valence-corrected chi connectivity index (χ4v) is 3.29. The molecular formula is C20H23N5O4. The molecule has 152 valence electrons. The molecule has 0 unspecified atom stereocenters. The zero-order valence-corrected chi connectivity index (χ0v) is 16.0. The Morgan fingerprint density at radius 1 is 1.07 bits per heavy atom. The van der Waals surface area contributed by atoms with E-state index in [-0.39, 0.29) is 29.6 Å². The maximum Gasteiger partial charge on any atom is 0.292 e. The van der Waals surface area contributed by atoms with Crippen molar-refractivity contribution in [2.45, 2.75) is 12.8 Å². The summed E-state index contributed by atoms with van der Waals surface area (Å²) in [7, 11) is 0. The van der Waals surface area contributed by atoms with Gasteiger partial charge in [-0.15, -0.1) is 0 Å². The van der Waals surface area contributed by atoms with Crippen LogP contribution in [-0.4, -0.2) is 64.2 Å². The molecule has 0 saturated carbocycles. The number of nitrogens with zero attached hydrogens (tertiary/aromatic N) is 4. The lowest BCUT2D eigenvalue weighted by Crippen LogP contribution is -2.36. The van der Waals surface area contributed by atoms with Crippen LogP contribution in [0, 0.1) is 10.1 Å². The van der Waals surface area contributed by atoms with E-state index in [2.05, 4.69) is 15.2 Å². The molecule has 3 rings (SSSR count). The van der Waals surface area contributed by atoms with Gasteiger partial charge in [0.2, 0.25) is 5.91 Å². The van der Waals surface area contributed by atoms with Gasteiger partial charge in [0.15, 0.2) is 0 Å². The van der Waals surface area contributed by atoms with Crippen molar-refractivity contribution in [3.63, 3.8) is 0 Å². The SMILES string of the molecule is O=C(CCN1CCCN(C(=O)c2ccncc2)CC1)Nc1ccccc1[N+](=O)[O-]. The maximum atomic E-state index is 12.6. The molecule has 0 radical (unpaired) electrons. The molecule has 1 aromatic heterocycles. The van der Waals surface area contributed by atoms with Gasteiger partial charge in [0.1, 0.15) is 5.69 Å². The van der Waals surface area contributed by atoms with Crippen LogP contribution in [-0.2, 0) is 4.79 Å². The molecular weight excluding hydrogens is 374 g/mol. The largest absolute Gasteiger partial charge is 0.337 e. The lowest BCUT2D eigenvalue weighted by atomic mass is 10.2. The Morgan fingerprint density at radius 2 is 1.83 bits per heavy atom. The lowest BCUT2D eigenvalue weighted by molar-refractivity contribution is -0.383. The Kier molecular flexibility index (Phi) is 6.85. The Balaban J connectivity index is 1.49. The van der Waals surface area contributed by atoms with Crippen LogP contribution in [0.15, 0.2) is 48.8 Å². The van der Waals surface area contributed by atoms with E-state index in [1.165, 1.54) is 12.1 Å². The highest BCUT2D eigenvalue weighted by Crippen LogP contribution is 2.23. The third kappa shape index (κ3) is 5.58. The number of nitro benzene ring substituents is 1. The van der Waals surface area contributed by atoms with Crippen LogP contribution in [0.4, 0.5) is 11.4 Å². The first kappa shape index (κ1) is 20.4. The summed E-state index contributed by atoms with van der Waals surface area (Å²) >= 11 is 0. The topological polar surface area (TPSA) is 109 Å². The fraction of sp³-hybridized carbons (Fsp3) is 0.350. The minimum absolute atomic E-state index is 0.0108. The molecule has 9 heteroatoms. The summed E-state index contributed by atoms with van der Waals surface area (Å²) in [6.45, 7) is 3.26. The number of anilines is 1. The number of carbonyl (C=O) groups excluding carboxylic acids is 2. The number of benzene rings is 1. The van der Waals surface area contributed by atoms with Gasteiger partial charge in [-0.05, 0) is 31.2 Å². The van der Waals surface area contributed by atoms with E-state index in [0.29, 0.717) is 31.7 Å². The average molecular weight is 397 g/mol. The van der Waals surface area contributed by atoms with Gasteiger partial charge in [-0.3, -0.25) is 24.7 Å². The summed E-state index contributed by atoms with van der Waals surface area (Å²) < 4.78 is 0. The predicted molar refractivity (Wildman–Crippen MR) is 108 cm³/mol. The average Bonchev–Trinajstić information content (AvgIpc) is 2.98. The second-order valence-corrected chi connectivity index (χ2v) is 6.80. The highest BCUT2D eigenvalue weighted by Gasteiger charge is 2.21. The van der Waals surface area contributed by atoms with Gasteiger partial charge in [0.05, 0.1) is 4.92 Å². The molecule has 0 atom stereocenters. The van der Waals surface area contributed by atoms with Crippen LogP contribution in [0.2, 0.25) is 0 Å². The van der Waals surface area contributed by atoms with E-state index in [0.717, 1.165) is 13.0 Å².